The van der Waals surface area contributed by atoms with Crippen molar-refractivity contribution in [3.8, 4) is 5.69 Å². The molecule has 1 aromatic heterocycles. The molecule has 1 amide bonds. The molecule has 0 atom stereocenters. The van der Waals surface area contributed by atoms with Crippen LogP contribution in [0.4, 0.5) is 0 Å². The monoisotopic (exact) mass is 333 g/mol. The highest BCUT2D eigenvalue weighted by Gasteiger charge is 2.14. The molecule has 1 N–H and O–H groups in total. The van der Waals surface area contributed by atoms with Crippen LogP contribution in [0.15, 0.2) is 71.5 Å². The topological polar surface area (TPSA) is 64.0 Å². The highest BCUT2D eigenvalue weighted by Crippen LogP contribution is 2.07. The fourth-order valence-corrected chi connectivity index (χ4v) is 2.58. The van der Waals surface area contributed by atoms with Crippen LogP contribution in [-0.4, -0.2) is 22.2 Å². The Morgan fingerprint density at radius 1 is 1.04 bits per heavy atom. The summed E-state index contributed by atoms with van der Waals surface area (Å²) < 4.78 is 1.60. The molecule has 0 aliphatic rings. The second kappa shape index (κ2) is 7.57. The summed E-state index contributed by atoms with van der Waals surface area (Å²) in [7, 11) is 0. The van der Waals surface area contributed by atoms with Gasteiger partial charge in [0.15, 0.2) is 5.69 Å². The predicted molar refractivity (Wildman–Crippen MR) is 97.1 cm³/mol. The van der Waals surface area contributed by atoms with E-state index in [-0.39, 0.29) is 11.1 Å². The number of nitrogens with one attached hydrogen (secondary N) is 1. The molecule has 3 rings (SSSR count). The summed E-state index contributed by atoms with van der Waals surface area (Å²) in [5.74, 6) is -0.453. The fourth-order valence-electron chi connectivity index (χ4n) is 2.58. The Morgan fingerprint density at radius 2 is 1.68 bits per heavy atom. The smallest absolute Gasteiger partial charge is 0.275 e. The molecule has 2 aromatic carbocycles. The highest BCUT2D eigenvalue weighted by molar-refractivity contribution is 5.92. The summed E-state index contributed by atoms with van der Waals surface area (Å²) in [6.45, 7) is 2.24. The van der Waals surface area contributed by atoms with Crippen molar-refractivity contribution in [2.24, 2.45) is 0 Å². The molecule has 0 saturated carbocycles. The van der Waals surface area contributed by atoms with Crippen molar-refractivity contribution < 1.29 is 4.79 Å². The van der Waals surface area contributed by atoms with Gasteiger partial charge in [-0.25, -0.2) is 4.68 Å². The van der Waals surface area contributed by atoms with Gasteiger partial charge in [0, 0.05) is 18.3 Å². The zero-order valence-electron chi connectivity index (χ0n) is 14.0. The van der Waals surface area contributed by atoms with Gasteiger partial charge < -0.3 is 5.32 Å². The zero-order valence-corrected chi connectivity index (χ0v) is 14.0. The average Bonchev–Trinajstić information content (AvgIpc) is 2.63. The van der Waals surface area contributed by atoms with Crippen LogP contribution in [-0.2, 0) is 6.42 Å². The molecule has 0 saturated heterocycles. The van der Waals surface area contributed by atoms with Crippen molar-refractivity contribution in [1.29, 1.82) is 0 Å². The van der Waals surface area contributed by atoms with E-state index in [1.165, 1.54) is 6.07 Å². The van der Waals surface area contributed by atoms with E-state index in [9.17, 15) is 9.59 Å². The van der Waals surface area contributed by atoms with Crippen LogP contribution < -0.4 is 10.7 Å². The summed E-state index contributed by atoms with van der Waals surface area (Å²) in [6.07, 6.45) is 0.700. The van der Waals surface area contributed by atoms with E-state index in [0.717, 1.165) is 11.3 Å². The van der Waals surface area contributed by atoms with E-state index in [0.29, 0.717) is 18.7 Å². The molecule has 0 unspecified atom stereocenters. The molecule has 3 aromatic rings. The van der Waals surface area contributed by atoms with Gasteiger partial charge in [0.1, 0.15) is 0 Å². The van der Waals surface area contributed by atoms with Crippen LogP contribution in [0, 0.1) is 6.92 Å². The second-order valence-corrected chi connectivity index (χ2v) is 5.74. The maximum Gasteiger partial charge on any atom is 0.275 e. The zero-order chi connectivity index (χ0) is 17.6. The Balaban J connectivity index is 1.77. The van der Waals surface area contributed by atoms with E-state index in [2.05, 4.69) is 10.4 Å². The Hall–Kier alpha value is -3.21. The Labute approximate surface area is 145 Å². The largest absolute Gasteiger partial charge is 0.350 e. The number of aryl methyl sites for hydroxylation is 1. The van der Waals surface area contributed by atoms with Crippen molar-refractivity contribution in [2.75, 3.05) is 6.54 Å². The molecule has 5 nitrogen and oxygen atoms in total. The van der Waals surface area contributed by atoms with Crippen LogP contribution in [0.2, 0.25) is 0 Å². The minimum atomic E-state index is -0.453. The molecule has 0 fully saturated rings. The molecular weight excluding hydrogens is 314 g/mol. The van der Waals surface area contributed by atoms with E-state index in [1.54, 1.807) is 11.6 Å². The second-order valence-electron chi connectivity index (χ2n) is 5.74. The predicted octanol–water partition coefficient (Wildman–Crippen LogP) is 2.51. The van der Waals surface area contributed by atoms with Crippen LogP contribution in [0.1, 0.15) is 21.7 Å². The Morgan fingerprint density at radius 3 is 2.36 bits per heavy atom. The van der Waals surface area contributed by atoms with Gasteiger partial charge in [-0.1, -0.05) is 48.5 Å². The number of hydrogen-bond donors (Lipinski definition) is 1. The van der Waals surface area contributed by atoms with Gasteiger partial charge in [0.2, 0.25) is 5.43 Å². The summed E-state index contributed by atoms with van der Waals surface area (Å²) in [5, 5.41) is 7.03. The number of para-hydroxylation sites is 1. The minimum absolute atomic E-state index is 0.0949. The Kier molecular flexibility index (Phi) is 5.04. The molecule has 0 aliphatic carbocycles. The first-order valence-electron chi connectivity index (χ1n) is 8.13. The van der Waals surface area contributed by atoms with Crippen molar-refractivity contribution >= 4 is 5.91 Å². The van der Waals surface area contributed by atoms with Crippen molar-refractivity contribution in [1.82, 2.24) is 15.1 Å². The van der Waals surface area contributed by atoms with Gasteiger partial charge in [0.05, 0.1) is 5.69 Å². The number of benzene rings is 2. The van der Waals surface area contributed by atoms with Gasteiger partial charge in [-0.15, -0.1) is 0 Å². The van der Waals surface area contributed by atoms with Crippen molar-refractivity contribution in [3.05, 3.63) is 93.9 Å². The van der Waals surface area contributed by atoms with Crippen molar-refractivity contribution in [3.63, 3.8) is 0 Å². The van der Waals surface area contributed by atoms with Gasteiger partial charge in [-0.05, 0) is 31.0 Å². The molecule has 0 aliphatic heterocycles. The lowest BCUT2D eigenvalue weighted by atomic mass is 10.1. The lowest BCUT2D eigenvalue weighted by Gasteiger charge is -2.11. The number of rotatable bonds is 5. The lowest BCUT2D eigenvalue weighted by Crippen LogP contribution is -2.33. The van der Waals surface area contributed by atoms with E-state index >= 15 is 0 Å². The summed E-state index contributed by atoms with van der Waals surface area (Å²) in [6, 6.07) is 20.7. The standard InChI is InChI=1S/C20H19N3O2/c1-15-14-18(24)19(22-23(15)17-10-6-3-7-11-17)20(25)21-13-12-16-8-4-2-5-9-16/h2-11,14H,12-13H2,1H3,(H,21,25). The maximum atomic E-state index is 12.4. The molecule has 0 bridgehead atoms. The van der Waals surface area contributed by atoms with E-state index in [1.807, 2.05) is 60.7 Å². The van der Waals surface area contributed by atoms with Crippen LogP contribution in [0.3, 0.4) is 0 Å². The Bertz CT molecular complexity index is 919. The number of carbonyl (C=O) groups excluding carboxylic acids is 1. The number of amides is 1. The van der Waals surface area contributed by atoms with E-state index in [4.69, 9.17) is 0 Å². The molecule has 0 spiro atoms. The number of aromatic nitrogens is 2. The third-order valence-corrected chi connectivity index (χ3v) is 3.87. The van der Waals surface area contributed by atoms with Gasteiger partial charge in [-0.3, -0.25) is 9.59 Å². The number of hydrogen-bond acceptors (Lipinski definition) is 3. The SMILES string of the molecule is Cc1cc(=O)c(C(=O)NCCc2ccccc2)nn1-c1ccccc1. The average molecular weight is 333 g/mol. The van der Waals surface area contributed by atoms with Gasteiger partial charge in [-0.2, -0.15) is 5.10 Å². The molecular formula is C20H19N3O2. The minimum Gasteiger partial charge on any atom is -0.350 e. The summed E-state index contributed by atoms with van der Waals surface area (Å²) >= 11 is 0. The first-order valence-corrected chi connectivity index (χ1v) is 8.13. The van der Waals surface area contributed by atoms with Crippen LogP contribution in [0.5, 0.6) is 0 Å². The quantitative estimate of drug-likeness (QED) is 0.780. The third-order valence-electron chi connectivity index (χ3n) is 3.87. The maximum absolute atomic E-state index is 12.4. The lowest BCUT2D eigenvalue weighted by molar-refractivity contribution is 0.0946. The van der Waals surface area contributed by atoms with Crippen LogP contribution in [0.25, 0.3) is 5.69 Å². The van der Waals surface area contributed by atoms with Gasteiger partial charge in [0.25, 0.3) is 5.91 Å². The molecule has 25 heavy (non-hydrogen) atoms. The number of nitrogens with zero attached hydrogens (tertiary/aromatic N) is 2. The third kappa shape index (κ3) is 4.01. The molecule has 0 radical (unpaired) electrons. The van der Waals surface area contributed by atoms with E-state index < -0.39 is 5.91 Å². The fraction of sp³-hybridized carbons (Fsp3) is 0.150. The van der Waals surface area contributed by atoms with Gasteiger partial charge >= 0.3 is 0 Å². The normalized spacial score (nSPS) is 10.4. The van der Waals surface area contributed by atoms with Crippen molar-refractivity contribution in [2.45, 2.75) is 13.3 Å². The van der Waals surface area contributed by atoms with Crippen LogP contribution >= 0.6 is 0 Å². The number of carbonyl (C=O) groups is 1. The first-order chi connectivity index (χ1) is 12.1. The molecule has 1 heterocycles. The summed E-state index contributed by atoms with van der Waals surface area (Å²) in [4.78, 5) is 24.5. The molecule has 5 heteroatoms. The summed E-state index contributed by atoms with van der Waals surface area (Å²) in [5.41, 5.74) is 2.14. The highest BCUT2D eigenvalue weighted by atomic mass is 16.2. The molecule has 126 valence electrons. The first kappa shape index (κ1) is 16.6.